The molecule has 0 bridgehead atoms. The van der Waals surface area contributed by atoms with Gasteiger partial charge in [-0.15, -0.1) is 0 Å². The number of anilines is 2. The number of hydrogen-bond donors (Lipinski definition) is 2. The highest BCUT2D eigenvalue weighted by atomic mass is 32.2. The summed E-state index contributed by atoms with van der Waals surface area (Å²) in [6, 6.07) is 17.9. The fourth-order valence-corrected chi connectivity index (χ4v) is 5.00. The lowest BCUT2D eigenvalue weighted by Crippen LogP contribution is -2.36. The zero-order valence-corrected chi connectivity index (χ0v) is 19.9. The van der Waals surface area contributed by atoms with Gasteiger partial charge in [0.25, 0.3) is 15.9 Å². The van der Waals surface area contributed by atoms with Crippen molar-refractivity contribution in [1.29, 1.82) is 0 Å². The summed E-state index contributed by atoms with van der Waals surface area (Å²) in [6.45, 7) is 1.44. The van der Waals surface area contributed by atoms with E-state index in [4.69, 9.17) is 0 Å². The number of amides is 2. The molecule has 182 valence electrons. The number of nitrogens with zero attached hydrogens (tertiary/aromatic N) is 1. The first-order chi connectivity index (χ1) is 16.8. The van der Waals surface area contributed by atoms with Gasteiger partial charge < -0.3 is 10.2 Å². The van der Waals surface area contributed by atoms with Gasteiger partial charge in [-0.05, 0) is 73.4 Å². The van der Waals surface area contributed by atoms with Gasteiger partial charge in [-0.25, -0.2) is 12.8 Å². The molecule has 0 saturated carbocycles. The Kier molecular flexibility index (Phi) is 7.45. The lowest BCUT2D eigenvalue weighted by atomic mass is 10.1. The van der Waals surface area contributed by atoms with Gasteiger partial charge in [0, 0.05) is 18.8 Å². The third-order valence-corrected chi connectivity index (χ3v) is 7.17. The topological polar surface area (TPSA) is 95.6 Å². The van der Waals surface area contributed by atoms with Crippen molar-refractivity contribution in [2.75, 3.05) is 23.1 Å². The van der Waals surface area contributed by atoms with Crippen molar-refractivity contribution in [3.63, 3.8) is 0 Å². The quantitative estimate of drug-likeness (QED) is 0.507. The van der Waals surface area contributed by atoms with Crippen molar-refractivity contribution in [1.82, 2.24) is 4.90 Å². The first kappa shape index (κ1) is 24.4. The van der Waals surface area contributed by atoms with Crippen LogP contribution in [0.1, 0.15) is 35.2 Å². The summed E-state index contributed by atoms with van der Waals surface area (Å²) in [6.07, 6.45) is 3.14. The van der Waals surface area contributed by atoms with Gasteiger partial charge in [-0.2, -0.15) is 0 Å². The van der Waals surface area contributed by atoms with Gasteiger partial charge in [0.05, 0.1) is 22.6 Å². The molecular weight excluding hydrogens is 469 g/mol. The molecule has 0 atom stereocenters. The maximum Gasteiger partial charge on any atom is 0.261 e. The van der Waals surface area contributed by atoms with E-state index in [1.54, 1.807) is 48.5 Å². The van der Waals surface area contributed by atoms with E-state index in [1.165, 1.54) is 12.1 Å². The monoisotopic (exact) mass is 495 g/mol. The van der Waals surface area contributed by atoms with E-state index in [-0.39, 0.29) is 23.1 Å². The fourth-order valence-electron chi connectivity index (χ4n) is 3.94. The predicted molar refractivity (Wildman–Crippen MR) is 132 cm³/mol. The minimum Gasteiger partial charge on any atom is -0.339 e. The molecule has 0 unspecified atom stereocenters. The second-order valence-corrected chi connectivity index (χ2v) is 10.1. The SMILES string of the molecule is O=C(Cc1ccc(NS(=O)(=O)c2ccc(F)cc2)cc1)Nc1ccccc1C(=O)N1CCCCC1. The van der Waals surface area contributed by atoms with Gasteiger partial charge in [-0.1, -0.05) is 24.3 Å². The highest BCUT2D eigenvalue weighted by molar-refractivity contribution is 7.92. The predicted octanol–water partition coefficient (Wildman–Crippen LogP) is 4.43. The van der Waals surface area contributed by atoms with Crippen LogP contribution in [0.15, 0.2) is 77.7 Å². The summed E-state index contributed by atoms with van der Waals surface area (Å²) in [4.78, 5) is 27.4. The molecule has 9 heteroatoms. The van der Waals surface area contributed by atoms with Crippen LogP contribution in [0.25, 0.3) is 0 Å². The lowest BCUT2D eigenvalue weighted by molar-refractivity contribution is -0.115. The Hall–Kier alpha value is -3.72. The van der Waals surface area contributed by atoms with E-state index in [0.29, 0.717) is 22.5 Å². The zero-order valence-electron chi connectivity index (χ0n) is 19.0. The second-order valence-electron chi connectivity index (χ2n) is 8.38. The molecule has 1 fully saturated rings. The normalized spacial score (nSPS) is 13.8. The average molecular weight is 496 g/mol. The summed E-state index contributed by atoms with van der Waals surface area (Å²) in [5.74, 6) is -0.896. The van der Waals surface area contributed by atoms with Crippen LogP contribution < -0.4 is 10.0 Å². The Morgan fingerprint density at radius 2 is 1.51 bits per heavy atom. The average Bonchev–Trinajstić information content (AvgIpc) is 2.86. The molecule has 1 aliphatic rings. The summed E-state index contributed by atoms with van der Waals surface area (Å²) in [5.41, 5.74) is 1.92. The van der Waals surface area contributed by atoms with Crippen molar-refractivity contribution in [3.8, 4) is 0 Å². The molecular formula is C26H26FN3O4S. The number of hydrogen-bond acceptors (Lipinski definition) is 4. The molecule has 0 aliphatic carbocycles. The lowest BCUT2D eigenvalue weighted by Gasteiger charge is -2.27. The molecule has 4 rings (SSSR count). The maximum absolute atomic E-state index is 13.1. The molecule has 35 heavy (non-hydrogen) atoms. The van der Waals surface area contributed by atoms with Gasteiger partial charge in [-0.3, -0.25) is 14.3 Å². The van der Waals surface area contributed by atoms with Gasteiger partial charge in [0.2, 0.25) is 5.91 Å². The summed E-state index contributed by atoms with van der Waals surface area (Å²) >= 11 is 0. The number of carbonyl (C=O) groups is 2. The van der Waals surface area contributed by atoms with Gasteiger partial charge in [0.1, 0.15) is 5.82 Å². The van der Waals surface area contributed by atoms with Crippen LogP contribution in [0.4, 0.5) is 15.8 Å². The molecule has 0 aromatic heterocycles. The van der Waals surface area contributed by atoms with E-state index in [2.05, 4.69) is 10.0 Å². The smallest absolute Gasteiger partial charge is 0.261 e. The molecule has 2 N–H and O–H groups in total. The van der Waals surface area contributed by atoms with E-state index in [9.17, 15) is 22.4 Å². The van der Waals surface area contributed by atoms with Crippen LogP contribution in [-0.2, 0) is 21.2 Å². The third-order valence-electron chi connectivity index (χ3n) is 5.77. The van der Waals surface area contributed by atoms with E-state index >= 15 is 0 Å². The molecule has 1 aliphatic heterocycles. The van der Waals surface area contributed by atoms with E-state index in [1.807, 2.05) is 4.90 Å². The Morgan fingerprint density at radius 1 is 0.857 bits per heavy atom. The Bertz CT molecular complexity index is 1300. The van der Waals surface area contributed by atoms with Crippen LogP contribution in [-0.4, -0.2) is 38.2 Å². The van der Waals surface area contributed by atoms with Gasteiger partial charge in [0.15, 0.2) is 0 Å². The van der Waals surface area contributed by atoms with E-state index < -0.39 is 15.8 Å². The Balaban J connectivity index is 1.39. The zero-order chi connectivity index (χ0) is 24.8. The maximum atomic E-state index is 13.1. The van der Waals surface area contributed by atoms with Crippen LogP contribution >= 0.6 is 0 Å². The number of halogens is 1. The first-order valence-electron chi connectivity index (χ1n) is 11.4. The number of para-hydroxylation sites is 1. The number of rotatable bonds is 7. The minimum absolute atomic E-state index is 0.0528. The molecule has 0 radical (unpaired) electrons. The van der Waals surface area contributed by atoms with Crippen LogP contribution in [0.2, 0.25) is 0 Å². The van der Waals surface area contributed by atoms with Crippen LogP contribution in [0, 0.1) is 5.82 Å². The Labute approximate surface area is 204 Å². The molecule has 3 aromatic rings. The van der Waals surface area contributed by atoms with Crippen molar-refractivity contribution in [2.24, 2.45) is 0 Å². The van der Waals surface area contributed by atoms with Crippen molar-refractivity contribution in [2.45, 2.75) is 30.6 Å². The standard InChI is InChI=1S/C26H26FN3O4S/c27-20-10-14-22(15-11-20)35(33,34)29-21-12-8-19(9-13-21)18-25(31)28-24-7-3-2-6-23(24)26(32)30-16-4-1-5-17-30/h2-3,6-15,29H,1,4-5,16-18H2,(H,28,31). The molecule has 1 saturated heterocycles. The van der Waals surface area contributed by atoms with Gasteiger partial charge >= 0.3 is 0 Å². The van der Waals surface area contributed by atoms with Crippen molar-refractivity contribution >= 4 is 33.2 Å². The third kappa shape index (κ3) is 6.24. The summed E-state index contributed by atoms with van der Waals surface area (Å²) in [7, 11) is -3.86. The van der Waals surface area contributed by atoms with E-state index in [0.717, 1.165) is 44.5 Å². The second kappa shape index (κ2) is 10.7. The Morgan fingerprint density at radius 3 is 2.20 bits per heavy atom. The number of sulfonamides is 1. The highest BCUT2D eigenvalue weighted by Gasteiger charge is 2.21. The summed E-state index contributed by atoms with van der Waals surface area (Å²) in [5, 5.41) is 2.83. The van der Waals surface area contributed by atoms with Crippen LogP contribution in [0.5, 0.6) is 0 Å². The fraction of sp³-hybridized carbons (Fsp3) is 0.231. The summed E-state index contributed by atoms with van der Waals surface area (Å²) < 4.78 is 40.4. The number of carbonyl (C=O) groups excluding carboxylic acids is 2. The molecule has 7 nitrogen and oxygen atoms in total. The van der Waals surface area contributed by atoms with Crippen molar-refractivity contribution in [3.05, 3.63) is 89.7 Å². The molecule has 2 amide bonds. The number of nitrogens with one attached hydrogen (secondary N) is 2. The molecule has 0 spiro atoms. The van der Waals surface area contributed by atoms with Crippen LogP contribution in [0.3, 0.4) is 0 Å². The minimum atomic E-state index is -3.86. The number of piperidine rings is 1. The molecule has 3 aromatic carbocycles. The largest absolute Gasteiger partial charge is 0.339 e. The number of benzene rings is 3. The number of likely N-dealkylation sites (tertiary alicyclic amines) is 1. The molecule has 1 heterocycles. The first-order valence-corrected chi connectivity index (χ1v) is 12.9. The van der Waals surface area contributed by atoms with Crippen molar-refractivity contribution < 1.29 is 22.4 Å². The highest BCUT2D eigenvalue weighted by Crippen LogP contribution is 2.21.